The van der Waals surface area contributed by atoms with Gasteiger partial charge in [-0.25, -0.2) is 9.78 Å². The van der Waals surface area contributed by atoms with Crippen LogP contribution in [0.15, 0.2) is 66.0 Å². The Morgan fingerprint density at radius 2 is 1.58 bits per heavy atom. The SMILES string of the molecule is CN1CCN(C(=O)c2ccc(-c3ccc(-c4nc(-c5ccc(Cl)c(Cl)c5)cs4)cc3OC(=O)O)cc2)CC1. The molecule has 0 unspecified atom stereocenters. The summed E-state index contributed by atoms with van der Waals surface area (Å²) < 4.78 is 5.15. The summed E-state index contributed by atoms with van der Waals surface area (Å²) in [5.74, 6) is 0.169. The highest BCUT2D eigenvalue weighted by Crippen LogP contribution is 2.37. The lowest BCUT2D eigenvalue weighted by molar-refractivity contribution is 0.0664. The average molecular weight is 568 g/mol. The summed E-state index contributed by atoms with van der Waals surface area (Å²) in [6, 6.07) is 17.8. The van der Waals surface area contributed by atoms with E-state index in [-0.39, 0.29) is 11.7 Å². The summed E-state index contributed by atoms with van der Waals surface area (Å²) in [6.07, 6.45) is -1.42. The fourth-order valence-electron chi connectivity index (χ4n) is 4.25. The maximum absolute atomic E-state index is 12.9. The highest BCUT2D eigenvalue weighted by molar-refractivity contribution is 7.13. The third kappa shape index (κ3) is 5.68. The fourth-order valence-corrected chi connectivity index (χ4v) is 5.38. The van der Waals surface area contributed by atoms with E-state index in [9.17, 15) is 14.7 Å². The summed E-state index contributed by atoms with van der Waals surface area (Å²) in [5.41, 5.74) is 4.19. The Hall–Kier alpha value is -3.43. The van der Waals surface area contributed by atoms with Gasteiger partial charge in [0.25, 0.3) is 5.91 Å². The molecule has 10 heteroatoms. The first-order chi connectivity index (χ1) is 18.3. The fraction of sp³-hybridized carbons (Fsp3) is 0.179. The smallest absolute Gasteiger partial charge is 0.449 e. The zero-order chi connectivity index (χ0) is 26.8. The van der Waals surface area contributed by atoms with E-state index in [1.807, 2.05) is 29.5 Å². The second-order valence-electron chi connectivity index (χ2n) is 8.92. The number of piperazine rings is 1. The monoisotopic (exact) mass is 567 g/mol. The molecule has 7 nitrogen and oxygen atoms in total. The van der Waals surface area contributed by atoms with Crippen LogP contribution in [-0.2, 0) is 0 Å². The van der Waals surface area contributed by atoms with Crippen LogP contribution in [0.3, 0.4) is 0 Å². The Labute approximate surface area is 233 Å². The third-order valence-electron chi connectivity index (χ3n) is 6.38. The normalized spacial score (nSPS) is 13.9. The van der Waals surface area contributed by atoms with Gasteiger partial charge in [0.1, 0.15) is 10.8 Å². The van der Waals surface area contributed by atoms with Crippen molar-refractivity contribution in [2.24, 2.45) is 0 Å². The van der Waals surface area contributed by atoms with Crippen LogP contribution < -0.4 is 4.74 Å². The van der Waals surface area contributed by atoms with Gasteiger partial charge in [-0.2, -0.15) is 0 Å². The van der Waals surface area contributed by atoms with Crippen LogP contribution in [0.1, 0.15) is 10.4 Å². The van der Waals surface area contributed by atoms with Crippen molar-refractivity contribution in [1.29, 1.82) is 0 Å². The number of carbonyl (C=O) groups is 2. The van der Waals surface area contributed by atoms with Gasteiger partial charge in [0, 0.05) is 53.8 Å². The number of nitrogens with zero attached hydrogens (tertiary/aromatic N) is 3. The molecule has 4 aromatic rings. The largest absolute Gasteiger partial charge is 0.511 e. The van der Waals surface area contributed by atoms with Gasteiger partial charge in [0.2, 0.25) is 0 Å². The van der Waals surface area contributed by atoms with Gasteiger partial charge in [0.05, 0.1) is 15.7 Å². The maximum Gasteiger partial charge on any atom is 0.511 e. The first-order valence-corrected chi connectivity index (χ1v) is 13.5. The first kappa shape index (κ1) is 26.2. The number of benzene rings is 3. The average Bonchev–Trinajstić information content (AvgIpc) is 3.41. The van der Waals surface area contributed by atoms with Crippen LogP contribution in [-0.4, -0.2) is 65.2 Å². The molecule has 38 heavy (non-hydrogen) atoms. The summed E-state index contributed by atoms with van der Waals surface area (Å²) in [7, 11) is 2.04. The third-order valence-corrected chi connectivity index (χ3v) is 8.01. The van der Waals surface area contributed by atoms with Crippen molar-refractivity contribution in [2.75, 3.05) is 33.2 Å². The standard InChI is InChI=1S/C28H23Cl2N3O4S/c1-32-10-12-33(13-11-32)27(34)18-4-2-17(3-5-18)21-8-6-20(15-25(21)37-28(35)36)26-31-24(16-38-26)19-7-9-22(29)23(30)14-19/h2-9,14-16H,10-13H2,1H3,(H,35,36). The molecule has 2 heterocycles. The molecule has 0 aliphatic carbocycles. The first-order valence-electron chi connectivity index (χ1n) is 11.8. The molecule has 1 fully saturated rings. The number of hydrogen-bond acceptors (Lipinski definition) is 6. The summed E-state index contributed by atoms with van der Waals surface area (Å²) >= 11 is 13.6. The van der Waals surface area contributed by atoms with Crippen LogP contribution in [0.2, 0.25) is 10.0 Å². The molecule has 0 atom stereocenters. The zero-order valence-corrected chi connectivity index (χ0v) is 22.7. The second kappa shape index (κ2) is 11.1. The van der Waals surface area contributed by atoms with Crippen molar-refractivity contribution in [1.82, 2.24) is 14.8 Å². The number of ether oxygens (including phenoxy) is 1. The number of rotatable bonds is 5. The van der Waals surface area contributed by atoms with Crippen molar-refractivity contribution in [2.45, 2.75) is 0 Å². The highest BCUT2D eigenvalue weighted by Gasteiger charge is 2.21. The molecular formula is C28H23Cl2N3O4S. The minimum Gasteiger partial charge on any atom is -0.449 e. The van der Waals surface area contributed by atoms with Crippen molar-refractivity contribution >= 4 is 46.6 Å². The molecule has 1 aliphatic rings. The van der Waals surface area contributed by atoms with E-state index in [1.165, 1.54) is 11.3 Å². The van der Waals surface area contributed by atoms with Crippen molar-refractivity contribution < 1.29 is 19.4 Å². The lowest BCUT2D eigenvalue weighted by Crippen LogP contribution is -2.47. The van der Waals surface area contributed by atoms with Gasteiger partial charge in [-0.05, 0) is 49.0 Å². The predicted octanol–water partition coefficient (Wildman–Crippen LogP) is 6.90. The Morgan fingerprint density at radius 3 is 2.26 bits per heavy atom. The van der Waals surface area contributed by atoms with Crippen molar-refractivity contribution in [3.63, 3.8) is 0 Å². The van der Waals surface area contributed by atoms with Crippen molar-refractivity contribution in [3.8, 4) is 38.7 Å². The van der Waals surface area contributed by atoms with Gasteiger partial charge in [0.15, 0.2) is 0 Å². The van der Waals surface area contributed by atoms with Gasteiger partial charge in [-0.15, -0.1) is 11.3 Å². The number of carboxylic acid groups (broad SMARTS) is 1. The summed E-state index contributed by atoms with van der Waals surface area (Å²) in [4.78, 5) is 33.1. The number of likely N-dealkylation sites (N-methyl/N-ethyl adjacent to an activating group) is 1. The van der Waals surface area contributed by atoms with Gasteiger partial charge < -0.3 is 19.6 Å². The molecule has 5 rings (SSSR count). The van der Waals surface area contributed by atoms with E-state index in [0.717, 1.165) is 29.9 Å². The number of amides is 1. The molecule has 0 radical (unpaired) electrons. The van der Waals surface area contributed by atoms with Gasteiger partial charge >= 0.3 is 6.16 Å². The molecular weight excluding hydrogens is 545 g/mol. The topological polar surface area (TPSA) is 83.0 Å². The molecule has 194 valence electrons. The van der Waals surface area contributed by atoms with Crippen molar-refractivity contribution in [3.05, 3.63) is 81.7 Å². The molecule has 0 saturated carbocycles. The second-order valence-corrected chi connectivity index (χ2v) is 10.6. The number of aromatic nitrogens is 1. The number of thiazole rings is 1. The van der Waals surface area contributed by atoms with E-state index in [0.29, 0.717) is 44.8 Å². The molecule has 1 amide bonds. The zero-order valence-electron chi connectivity index (χ0n) is 20.4. The lowest BCUT2D eigenvalue weighted by Gasteiger charge is -2.32. The Morgan fingerprint density at radius 1 is 0.895 bits per heavy atom. The Bertz CT molecular complexity index is 1500. The van der Waals surface area contributed by atoms with E-state index in [1.54, 1.807) is 48.5 Å². The molecule has 0 bridgehead atoms. The summed E-state index contributed by atoms with van der Waals surface area (Å²) in [5, 5.41) is 12.9. The maximum atomic E-state index is 12.9. The van der Waals surface area contributed by atoms with Crippen LogP contribution in [0.5, 0.6) is 5.75 Å². The predicted molar refractivity (Wildman–Crippen MR) is 150 cm³/mol. The van der Waals surface area contributed by atoms with Crippen LogP contribution in [0, 0.1) is 0 Å². The lowest BCUT2D eigenvalue weighted by atomic mass is 10.0. The molecule has 1 aliphatic heterocycles. The van der Waals surface area contributed by atoms with Gasteiger partial charge in [-0.1, -0.05) is 47.5 Å². The molecule has 1 N–H and O–H groups in total. The van der Waals surface area contributed by atoms with E-state index >= 15 is 0 Å². The van der Waals surface area contributed by atoms with Crippen LogP contribution >= 0.6 is 34.5 Å². The highest BCUT2D eigenvalue weighted by atomic mass is 35.5. The van der Waals surface area contributed by atoms with Crippen LogP contribution in [0.25, 0.3) is 33.0 Å². The number of hydrogen-bond donors (Lipinski definition) is 1. The Balaban J connectivity index is 1.41. The minimum atomic E-state index is -1.42. The molecule has 3 aromatic carbocycles. The molecule has 1 saturated heterocycles. The van der Waals surface area contributed by atoms with Gasteiger partial charge in [-0.3, -0.25) is 4.79 Å². The Kier molecular flexibility index (Phi) is 7.67. The number of carbonyl (C=O) groups excluding carboxylic acids is 1. The quantitative estimate of drug-likeness (QED) is 0.209. The van der Waals surface area contributed by atoms with E-state index in [4.69, 9.17) is 32.9 Å². The molecule has 1 aromatic heterocycles. The number of halogens is 2. The molecule has 0 spiro atoms. The van der Waals surface area contributed by atoms with E-state index in [2.05, 4.69) is 4.90 Å². The summed E-state index contributed by atoms with van der Waals surface area (Å²) in [6.45, 7) is 3.08. The van der Waals surface area contributed by atoms with E-state index < -0.39 is 6.16 Å². The van der Waals surface area contributed by atoms with Crippen LogP contribution in [0.4, 0.5) is 4.79 Å². The minimum absolute atomic E-state index is 0.0106.